The molecule has 0 fully saturated rings. The van der Waals surface area contributed by atoms with E-state index in [0.29, 0.717) is 16.5 Å². The highest BCUT2D eigenvalue weighted by molar-refractivity contribution is 7.12. The standard InChI is InChI=1S/C26H19N5O3S/c1-34-25(33)19-14-8-9-15-20(19)28-29-23-22(18-12-6-3-7-13-18)30-31(24(23)32)26-27-21(16-35-26)17-10-4-2-5-11-17/h2-16,30H,1H3. The van der Waals surface area contributed by atoms with Gasteiger partial charge in [-0.2, -0.15) is 4.68 Å². The summed E-state index contributed by atoms with van der Waals surface area (Å²) in [5.41, 5.74) is 3.23. The number of aromatic amines is 1. The Balaban J connectivity index is 1.61. The monoisotopic (exact) mass is 481 g/mol. The zero-order chi connectivity index (χ0) is 24.2. The van der Waals surface area contributed by atoms with Gasteiger partial charge in [-0.3, -0.25) is 9.89 Å². The van der Waals surface area contributed by atoms with Crippen molar-refractivity contribution in [3.63, 3.8) is 0 Å². The zero-order valence-electron chi connectivity index (χ0n) is 18.6. The van der Waals surface area contributed by atoms with Gasteiger partial charge in [-0.1, -0.05) is 72.8 Å². The maximum atomic E-state index is 13.5. The summed E-state index contributed by atoms with van der Waals surface area (Å²) in [6, 6.07) is 25.8. The molecule has 8 nitrogen and oxygen atoms in total. The number of benzene rings is 3. The molecule has 0 saturated heterocycles. The van der Waals surface area contributed by atoms with Crippen molar-refractivity contribution in [2.75, 3.05) is 7.11 Å². The number of H-pyrrole nitrogens is 1. The van der Waals surface area contributed by atoms with Crippen molar-refractivity contribution >= 4 is 28.7 Å². The predicted molar refractivity (Wildman–Crippen MR) is 135 cm³/mol. The minimum Gasteiger partial charge on any atom is -0.465 e. The van der Waals surface area contributed by atoms with Crippen LogP contribution in [-0.2, 0) is 4.74 Å². The molecule has 9 heteroatoms. The molecule has 5 rings (SSSR count). The van der Waals surface area contributed by atoms with Crippen molar-refractivity contribution in [3.8, 4) is 27.6 Å². The van der Waals surface area contributed by atoms with Gasteiger partial charge >= 0.3 is 11.5 Å². The van der Waals surface area contributed by atoms with Gasteiger partial charge in [-0.05, 0) is 12.1 Å². The lowest BCUT2D eigenvalue weighted by molar-refractivity contribution is 0.0601. The Kier molecular flexibility index (Phi) is 6.15. The van der Waals surface area contributed by atoms with E-state index in [2.05, 4.69) is 20.3 Å². The Bertz CT molecular complexity index is 1570. The number of hydrogen-bond acceptors (Lipinski definition) is 7. The Hall–Kier alpha value is -4.63. The Morgan fingerprint density at radius 2 is 1.57 bits per heavy atom. The number of hydrogen-bond donors (Lipinski definition) is 1. The van der Waals surface area contributed by atoms with Gasteiger partial charge in [0.1, 0.15) is 5.69 Å². The third-order valence-electron chi connectivity index (χ3n) is 5.25. The predicted octanol–water partition coefficient (Wildman–Crippen LogP) is 6.16. The molecule has 2 aromatic heterocycles. The molecule has 0 unspecified atom stereocenters. The van der Waals surface area contributed by atoms with E-state index in [4.69, 9.17) is 4.74 Å². The minimum atomic E-state index is -0.537. The molecule has 3 aromatic carbocycles. The van der Waals surface area contributed by atoms with Crippen LogP contribution in [-0.4, -0.2) is 27.8 Å². The van der Waals surface area contributed by atoms with Crippen LogP contribution in [0.3, 0.4) is 0 Å². The zero-order valence-corrected chi connectivity index (χ0v) is 19.4. The van der Waals surface area contributed by atoms with E-state index in [-0.39, 0.29) is 11.3 Å². The fourth-order valence-electron chi connectivity index (χ4n) is 3.52. The molecule has 0 amide bonds. The van der Waals surface area contributed by atoms with Crippen molar-refractivity contribution in [1.29, 1.82) is 0 Å². The van der Waals surface area contributed by atoms with Gasteiger partial charge in [-0.15, -0.1) is 21.6 Å². The second kappa shape index (κ2) is 9.70. The molecule has 5 aromatic rings. The van der Waals surface area contributed by atoms with Crippen LogP contribution in [0.5, 0.6) is 0 Å². The lowest BCUT2D eigenvalue weighted by Gasteiger charge is -2.02. The van der Waals surface area contributed by atoms with Crippen LogP contribution in [0.15, 0.2) is 105 Å². The van der Waals surface area contributed by atoms with Gasteiger partial charge in [-0.25, -0.2) is 9.78 Å². The number of rotatable bonds is 6. The number of methoxy groups -OCH3 is 1. The van der Waals surface area contributed by atoms with Crippen molar-refractivity contribution in [2.45, 2.75) is 0 Å². The summed E-state index contributed by atoms with van der Waals surface area (Å²) in [6.07, 6.45) is 0. The molecule has 0 saturated carbocycles. The van der Waals surface area contributed by atoms with Crippen molar-refractivity contribution in [3.05, 3.63) is 106 Å². The summed E-state index contributed by atoms with van der Waals surface area (Å²) in [4.78, 5) is 30.2. The molecule has 35 heavy (non-hydrogen) atoms. The van der Waals surface area contributed by atoms with Crippen molar-refractivity contribution < 1.29 is 9.53 Å². The summed E-state index contributed by atoms with van der Waals surface area (Å²) in [7, 11) is 1.30. The lowest BCUT2D eigenvalue weighted by atomic mass is 10.1. The van der Waals surface area contributed by atoms with Crippen LogP contribution in [0.1, 0.15) is 10.4 Å². The second-order valence-electron chi connectivity index (χ2n) is 7.43. The molecule has 172 valence electrons. The number of nitrogens with one attached hydrogen (secondary N) is 1. The van der Waals surface area contributed by atoms with E-state index in [1.54, 1.807) is 24.3 Å². The fraction of sp³-hybridized carbons (Fsp3) is 0.0385. The topological polar surface area (TPSA) is 102 Å². The largest absolute Gasteiger partial charge is 0.465 e. The number of nitrogens with zero attached hydrogens (tertiary/aromatic N) is 4. The van der Waals surface area contributed by atoms with Crippen LogP contribution in [0.4, 0.5) is 11.4 Å². The number of esters is 1. The van der Waals surface area contributed by atoms with Gasteiger partial charge in [0, 0.05) is 16.5 Å². The summed E-state index contributed by atoms with van der Waals surface area (Å²) < 4.78 is 6.19. The molecular weight excluding hydrogens is 462 g/mol. The molecule has 0 radical (unpaired) electrons. The number of carbonyl (C=O) groups is 1. The minimum absolute atomic E-state index is 0.104. The van der Waals surface area contributed by atoms with Gasteiger partial charge in [0.2, 0.25) is 5.13 Å². The molecule has 0 bridgehead atoms. The smallest absolute Gasteiger partial charge is 0.340 e. The van der Waals surface area contributed by atoms with E-state index >= 15 is 0 Å². The first-order chi connectivity index (χ1) is 17.2. The first kappa shape index (κ1) is 22.2. The summed E-state index contributed by atoms with van der Waals surface area (Å²) in [6.45, 7) is 0. The molecule has 1 N–H and O–H groups in total. The van der Waals surface area contributed by atoms with Crippen LogP contribution in [0.25, 0.3) is 27.6 Å². The Morgan fingerprint density at radius 3 is 2.29 bits per heavy atom. The summed E-state index contributed by atoms with van der Waals surface area (Å²) in [5, 5.41) is 14.0. The number of thiazole rings is 1. The third-order valence-corrected chi connectivity index (χ3v) is 6.07. The molecule has 0 atom stereocenters. The first-order valence-corrected chi connectivity index (χ1v) is 11.5. The average Bonchev–Trinajstić information content (AvgIpc) is 3.53. The first-order valence-electron chi connectivity index (χ1n) is 10.7. The number of azo groups is 1. The molecule has 0 aliphatic heterocycles. The third kappa shape index (κ3) is 4.44. The number of ether oxygens (including phenoxy) is 1. The molecule has 2 heterocycles. The fourth-order valence-corrected chi connectivity index (χ4v) is 4.31. The SMILES string of the molecule is COC(=O)c1ccccc1N=Nc1c(-c2ccccc2)[nH]n(-c2nc(-c3ccccc3)cs2)c1=O. The molecular formula is C26H19N5O3S. The maximum absolute atomic E-state index is 13.5. The number of carbonyl (C=O) groups excluding carboxylic acids is 1. The Labute approximate surface area is 204 Å². The van der Waals surface area contributed by atoms with Gasteiger partial charge in [0.05, 0.1) is 24.1 Å². The van der Waals surface area contributed by atoms with Crippen LogP contribution in [0, 0.1) is 0 Å². The second-order valence-corrected chi connectivity index (χ2v) is 8.27. The van der Waals surface area contributed by atoms with Gasteiger partial charge < -0.3 is 4.74 Å². The van der Waals surface area contributed by atoms with Gasteiger partial charge in [0.15, 0.2) is 5.69 Å². The molecule has 0 aliphatic rings. The number of aromatic nitrogens is 3. The van der Waals surface area contributed by atoms with Crippen molar-refractivity contribution in [1.82, 2.24) is 14.8 Å². The summed E-state index contributed by atoms with van der Waals surface area (Å²) in [5.74, 6) is -0.537. The van der Waals surface area contributed by atoms with E-state index < -0.39 is 11.5 Å². The van der Waals surface area contributed by atoms with Crippen LogP contribution < -0.4 is 5.56 Å². The molecule has 0 spiro atoms. The molecule has 0 aliphatic carbocycles. The van der Waals surface area contributed by atoms with Gasteiger partial charge in [0.25, 0.3) is 0 Å². The highest BCUT2D eigenvalue weighted by Gasteiger charge is 2.19. The Morgan fingerprint density at radius 1 is 0.914 bits per heavy atom. The average molecular weight is 482 g/mol. The quantitative estimate of drug-likeness (QED) is 0.232. The summed E-state index contributed by atoms with van der Waals surface area (Å²) >= 11 is 1.34. The van der Waals surface area contributed by atoms with E-state index in [1.807, 2.05) is 66.0 Å². The normalized spacial score (nSPS) is 11.1. The highest BCUT2D eigenvalue weighted by Crippen LogP contribution is 2.30. The van der Waals surface area contributed by atoms with Crippen LogP contribution in [0.2, 0.25) is 0 Å². The van der Waals surface area contributed by atoms with Crippen molar-refractivity contribution in [2.24, 2.45) is 10.2 Å². The van der Waals surface area contributed by atoms with E-state index in [0.717, 1.165) is 16.8 Å². The highest BCUT2D eigenvalue weighted by atomic mass is 32.1. The maximum Gasteiger partial charge on any atom is 0.340 e. The lowest BCUT2D eigenvalue weighted by Crippen LogP contribution is -2.13. The van der Waals surface area contributed by atoms with E-state index in [1.165, 1.54) is 23.1 Å². The van der Waals surface area contributed by atoms with Crippen LogP contribution >= 0.6 is 11.3 Å². The van der Waals surface area contributed by atoms with E-state index in [9.17, 15) is 9.59 Å².